The molecule has 8 nitrogen and oxygen atoms in total. The smallest absolute Gasteiger partial charge is 0.317 e. The molecule has 0 bridgehead atoms. The zero-order chi connectivity index (χ0) is 20.2. The first-order valence-electron chi connectivity index (χ1n) is 9.69. The second-order valence-corrected chi connectivity index (χ2v) is 10.8. The lowest BCUT2D eigenvalue weighted by atomic mass is 10.0. The minimum Gasteiger partial charge on any atom is -0.379 e. The third-order valence-electron chi connectivity index (χ3n) is 5.40. The molecule has 28 heavy (non-hydrogen) atoms. The summed E-state index contributed by atoms with van der Waals surface area (Å²) in [6.45, 7) is 9.11. The summed E-state index contributed by atoms with van der Waals surface area (Å²) < 4.78 is 33.2. The number of nitrogens with one attached hydrogen (secondary N) is 2. The Labute approximate surface area is 171 Å². The van der Waals surface area contributed by atoms with Gasteiger partial charge in [0, 0.05) is 44.3 Å². The number of carbonyl (C=O) groups is 1. The number of morpholine rings is 1. The molecule has 3 heterocycles. The van der Waals surface area contributed by atoms with E-state index in [1.165, 1.54) is 11.3 Å². The van der Waals surface area contributed by atoms with Gasteiger partial charge in [-0.25, -0.2) is 17.9 Å². The number of amides is 2. The molecule has 2 fully saturated rings. The molecule has 2 aliphatic rings. The Morgan fingerprint density at radius 1 is 1.25 bits per heavy atom. The minimum absolute atomic E-state index is 0.0825. The highest BCUT2D eigenvalue weighted by atomic mass is 32.2. The molecule has 0 atom stereocenters. The predicted octanol–water partition coefficient (Wildman–Crippen LogP) is 1.31. The Hall–Kier alpha value is -1.20. The molecule has 2 amide bonds. The van der Waals surface area contributed by atoms with E-state index in [-0.39, 0.29) is 17.6 Å². The highest BCUT2D eigenvalue weighted by Gasteiger charge is 2.31. The van der Waals surface area contributed by atoms with Crippen LogP contribution in [0.4, 0.5) is 4.79 Å². The maximum atomic E-state index is 12.5. The van der Waals surface area contributed by atoms with Crippen molar-refractivity contribution in [3.8, 4) is 0 Å². The highest BCUT2D eigenvalue weighted by molar-refractivity contribution is 7.91. The van der Waals surface area contributed by atoms with Crippen molar-refractivity contribution in [2.24, 2.45) is 0 Å². The predicted molar refractivity (Wildman–Crippen MR) is 109 cm³/mol. The number of piperidine rings is 1. The van der Waals surface area contributed by atoms with Gasteiger partial charge in [-0.2, -0.15) is 0 Å². The third-order valence-corrected chi connectivity index (χ3v) is 8.32. The van der Waals surface area contributed by atoms with Gasteiger partial charge in [-0.05, 0) is 38.1 Å². The fraction of sp³-hybridized carbons (Fsp3) is 0.722. The molecule has 10 heteroatoms. The van der Waals surface area contributed by atoms with Crippen LogP contribution in [0, 0.1) is 0 Å². The number of sulfonamides is 1. The summed E-state index contributed by atoms with van der Waals surface area (Å²) in [4.78, 5) is 16.6. The van der Waals surface area contributed by atoms with Crippen molar-refractivity contribution in [3.63, 3.8) is 0 Å². The van der Waals surface area contributed by atoms with Crippen molar-refractivity contribution in [1.82, 2.24) is 19.8 Å². The second-order valence-electron chi connectivity index (χ2n) is 7.89. The first kappa shape index (κ1) is 21.5. The Morgan fingerprint density at radius 2 is 1.93 bits per heavy atom. The Balaban J connectivity index is 1.43. The van der Waals surface area contributed by atoms with E-state index in [0.717, 1.165) is 26.3 Å². The summed E-state index contributed by atoms with van der Waals surface area (Å²) in [6.07, 6.45) is 1.23. The summed E-state index contributed by atoms with van der Waals surface area (Å²) in [7, 11) is -3.46. The zero-order valence-corrected chi connectivity index (χ0v) is 18.2. The van der Waals surface area contributed by atoms with Crippen molar-refractivity contribution in [1.29, 1.82) is 0 Å². The standard InChI is InChI=1S/C18H30N4O4S2/c1-18(2,22-9-11-26-12-10-22)14-19-17(23)21-7-5-15(6-8-21)20-28(24,25)16-4-3-13-27-16/h3-4,13,15,20H,5-12,14H2,1-2H3,(H,19,23). The van der Waals surface area contributed by atoms with Crippen LogP contribution in [-0.4, -0.2) is 81.8 Å². The van der Waals surface area contributed by atoms with Crippen LogP contribution >= 0.6 is 11.3 Å². The fourth-order valence-corrected chi connectivity index (χ4v) is 5.89. The molecule has 158 valence electrons. The summed E-state index contributed by atoms with van der Waals surface area (Å²) in [5.41, 5.74) is -0.131. The van der Waals surface area contributed by atoms with Crippen LogP contribution in [0.5, 0.6) is 0 Å². The molecule has 0 aliphatic carbocycles. The average molecular weight is 431 g/mol. The van der Waals surface area contributed by atoms with Crippen LogP contribution in [0.15, 0.2) is 21.7 Å². The van der Waals surface area contributed by atoms with Crippen LogP contribution in [0.3, 0.4) is 0 Å². The van der Waals surface area contributed by atoms with E-state index < -0.39 is 10.0 Å². The number of carbonyl (C=O) groups excluding carboxylic acids is 1. The van der Waals surface area contributed by atoms with E-state index >= 15 is 0 Å². The maximum absolute atomic E-state index is 12.5. The van der Waals surface area contributed by atoms with E-state index in [4.69, 9.17) is 4.74 Å². The van der Waals surface area contributed by atoms with Gasteiger partial charge in [0.1, 0.15) is 4.21 Å². The molecular formula is C18H30N4O4S2. The first-order valence-corrected chi connectivity index (χ1v) is 12.1. The van der Waals surface area contributed by atoms with Gasteiger partial charge >= 0.3 is 6.03 Å². The van der Waals surface area contributed by atoms with Crippen molar-refractivity contribution in [3.05, 3.63) is 17.5 Å². The van der Waals surface area contributed by atoms with Gasteiger partial charge in [0.05, 0.1) is 13.2 Å². The van der Waals surface area contributed by atoms with E-state index in [1.54, 1.807) is 22.4 Å². The summed E-state index contributed by atoms with van der Waals surface area (Å²) in [6, 6.07) is 3.11. The van der Waals surface area contributed by atoms with Gasteiger partial charge in [0.15, 0.2) is 0 Å². The van der Waals surface area contributed by atoms with Gasteiger partial charge < -0.3 is 15.0 Å². The summed E-state index contributed by atoms with van der Waals surface area (Å²) in [5, 5.41) is 4.79. The van der Waals surface area contributed by atoms with Gasteiger partial charge in [-0.15, -0.1) is 11.3 Å². The van der Waals surface area contributed by atoms with Crippen LogP contribution in [0.25, 0.3) is 0 Å². The zero-order valence-electron chi connectivity index (χ0n) is 16.5. The van der Waals surface area contributed by atoms with Crippen molar-refractivity contribution in [2.45, 2.75) is 42.5 Å². The molecule has 2 aliphatic heterocycles. The highest BCUT2D eigenvalue weighted by Crippen LogP contribution is 2.19. The first-order chi connectivity index (χ1) is 13.3. The average Bonchev–Trinajstić information content (AvgIpc) is 3.23. The third kappa shape index (κ3) is 5.44. The Bertz CT molecular complexity index is 738. The van der Waals surface area contributed by atoms with E-state index in [0.29, 0.717) is 36.7 Å². The number of hydrogen-bond acceptors (Lipinski definition) is 6. The Kier molecular flexibility index (Phi) is 6.98. The van der Waals surface area contributed by atoms with Gasteiger partial charge in [0.25, 0.3) is 0 Å². The van der Waals surface area contributed by atoms with Crippen LogP contribution in [0.1, 0.15) is 26.7 Å². The van der Waals surface area contributed by atoms with E-state index in [2.05, 4.69) is 28.8 Å². The molecule has 0 unspecified atom stereocenters. The molecule has 0 saturated carbocycles. The summed E-state index contributed by atoms with van der Waals surface area (Å²) in [5.74, 6) is 0. The summed E-state index contributed by atoms with van der Waals surface area (Å²) >= 11 is 1.21. The fourth-order valence-electron chi connectivity index (χ4n) is 3.58. The molecule has 1 aromatic heterocycles. The number of hydrogen-bond donors (Lipinski definition) is 2. The quantitative estimate of drug-likeness (QED) is 0.710. The van der Waals surface area contributed by atoms with Gasteiger partial charge in [0.2, 0.25) is 10.0 Å². The van der Waals surface area contributed by atoms with Crippen molar-refractivity contribution < 1.29 is 17.9 Å². The molecule has 0 aromatic carbocycles. The minimum atomic E-state index is -3.46. The lowest BCUT2D eigenvalue weighted by Gasteiger charge is -2.41. The van der Waals surface area contributed by atoms with Gasteiger partial charge in [-0.1, -0.05) is 6.07 Å². The van der Waals surface area contributed by atoms with Crippen molar-refractivity contribution in [2.75, 3.05) is 45.9 Å². The number of nitrogens with zero attached hydrogens (tertiary/aromatic N) is 2. The Morgan fingerprint density at radius 3 is 2.54 bits per heavy atom. The molecule has 2 N–H and O–H groups in total. The number of thiophene rings is 1. The van der Waals surface area contributed by atoms with E-state index in [9.17, 15) is 13.2 Å². The number of rotatable bonds is 6. The molecule has 2 saturated heterocycles. The lowest BCUT2D eigenvalue weighted by molar-refractivity contribution is -0.00910. The van der Waals surface area contributed by atoms with Crippen LogP contribution in [0.2, 0.25) is 0 Å². The molecule has 0 spiro atoms. The van der Waals surface area contributed by atoms with E-state index in [1.807, 2.05) is 0 Å². The second kappa shape index (κ2) is 9.08. The molecule has 0 radical (unpaired) electrons. The normalized spacial score (nSPS) is 20.3. The molecule has 3 rings (SSSR count). The molecular weight excluding hydrogens is 400 g/mol. The van der Waals surface area contributed by atoms with Crippen LogP contribution < -0.4 is 10.0 Å². The SMILES string of the molecule is CC(C)(CNC(=O)N1CCC(NS(=O)(=O)c2cccs2)CC1)N1CCOCC1. The number of urea groups is 1. The lowest BCUT2D eigenvalue weighted by Crippen LogP contribution is -2.57. The van der Waals surface area contributed by atoms with Crippen molar-refractivity contribution >= 4 is 27.4 Å². The number of likely N-dealkylation sites (tertiary alicyclic amines) is 1. The maximum Gasteiger partial charge on any atom is 0.317 e. The topological polar surface area (TPSA) is 91.0 Å². The number of ether oxygens (including phenoxy) is 1. The monoisotopic (exact) mass is 430 g/mol. The molecule has 1 aromatic rings. The van der Waals surface area contributed by atoms with Gasteiger partial charge in [-0.3, -0.25) is 4.90 Å². The van der Waals surface area contributed by atoms with Crippen LogP contribution in [-0.2, 0) is 14.8 Å². The largest absolute Gasteiger partial charge is 0.379 e.